The van der Waals surface area contributed by atoms with E-state index in [0.717, 1.165) is 0 Å². The first kappa shape index (κ1) is 18.0. The van der Waals surface area contributed by atoms with Gasteiger partial charge in [-0.25, -0.2) is 4.98 Å². The number of ether oxygens (including phenoxy) is 1. The van der Waals surface area contributed by atoms with Crippen molar-refractivity contribution in [1.29, 1.82) is 0 Å². The third-order valence-corrected chi connectivity index (χ3v) is 3.26. The lowest BCUT2D eigenvalue weighted by Crippen LogP contribution is -2.16. The number of nitrogens with one attached hydrogen (secondary N) is 1. The Labute approximate surface area is 150 Å². The molecular weight excluding hydrogens is 367 g/mol. The van der Waals surface area contributed by atoms with Crippen LogP contribution in [0.15, 0.2) is 58.4 Å². The molecule has 0 bridgehead atoms. The van der Waals surface area contributed by atoms with Gasteiger partial charge in [-0.15, -0.1) is 13.2 Å². The fourth-order valence-corrected chi connectivity index (χ4v) is 2.08. The third-order valence-electron chi connectivity index (χ3n) is 3.26. The van der Waals surface area contributed by atoms with Crippen molar-refractivity contribution in [3.8, 4) is 17.1 Å². The zero-order chi connectivity index (χ0) is 19.4. The van der Waals surface area contributed by atoms with Gasteiger partial charge in [-0.3, -0.25) is 4.98 Å². The second-order valence-electron chi connectivity index (χ2n) is 5.14. The second-order valence-corrected chi connectivity index (χ2v) is 5.14. The molecule has 27 heavy (non-hydrogen) atoms. The van der Waals surface area contributed by atoms with Gasteiger partial charge < -0.3 is 25.4 Å². The fraction of sp³-hybridized carbons (Fsp3) is 0.0625. The van der Waals surface area contributed by atoms with Crippen LogP contribution in [0.3, 0.4) is 0 Å². The first-order valence-electron chi connectivity index (χ1n) is 7.37. The van der Waals surface area contributed by atoms with Crippen LogP contribution in [0.1, 0.15) is 5.69 Å². The number of oxazole rings is 1. The van der Waals surface area contributed by atoms with Gasteiger partial charge in [0.05, 0.1) is 18.1 Å². The highest BCUT2D eigenvalue weighted by atomic mass is 19.4. The average Bonchev–Trinajstić information content (AvgIpc) is 3.09. The lowest BCUT2D eigenvalue weighted by molar-refractivity contribution is -0.274. The minimum absolute atomic E-state index is 0.127. The summed E-state index contributed by atoms with van der Waals surface area (Å²) in [6, 6.07) is 8.48. The van der Waals surface area contributed by atoms with Gasteiger partial charge >= 0.3 is 6.36 Å². The van der Waals surface area contributed by atoms with Crippen molar-refractivity contribution in [3.05, 3.63) is 54.5 Å². The normalized spacial score (nSPS) is 12.0. The Morgan fingerprint density at radius 3 is 2.44 bits per heavy atom. The smallest absolute Gasteiger partial charge is 0.423 e. The van der Waals surface area contributed by atoms with E-state index in [9.17, 15) is 13.2 Å². The molecule has 0 amide bonds. The van der Waals surface area contributed by atoms with E-state index in [-0.39, 0.29) is 23.3 Å². The predicted molar refractivity (Wildman–Crippen MR) is 88.7 cm³/mol. The number of pyridine rings is 1. The third kappa shape index (κ3) is 4.66. The van der Waals surface area contributed by atoms with Crippen molar-refractivity contribution in [2.24, 2.45) is 10.9 Å². The summed E-state index contributed by atoms with van der Waals surface area (Å²) in [5, 5.41) is 14.3. The molecule has 3 aromatic rings. The van der Waals surface area contributed by atoms with Gasteiger partial charge in [-0.1, -0.05) is 5.16 Å². The lowest BCUT2D eigenvalue weighted by Gasteiger charge is -2.08. The molecule has 0 aliphatic rings. The summed E-state index contributed by atoms with van der Waals surface area (Å²) in [5.41, 5.74) is 6.77. The number of aromatic nitrogens is 2. The number of hydrogen-bond acceptors (Lipinski definition) is 7. The Hall–Kier alpha value is -3.76. The zero-order valence-corrected chi connectivity index (χ0v) is 13.4. The summed E-state index contributed by atoms with van der Waals surface area (Å²) in [7, 11) is 0. The monoisotopic (exact) mass is 379 g/mol. The molecular formula is C16H12F3N5O3. The number of nitrogens with two attached hydrogens (primary N) is 1. The predicted octanol–water partition coefficient (Wildman–Crippen LogP) is 3.47. The van der Waals surface area contributed by atoms with Gasteiger partial charge in [-0.05, 0) is 36.4 Å². The summed E-state index contributed by atoms with van der Waals surface area (Å²) in [5.74, 6) is -0.115. The summed E-state index contributed by atoms with van der Waals surface area (Å²) >= 11 is 0. The van der Waals surface area contributed by atoms with E-state index in [0.29, 0.717) is 17.0 Å². The molecule has 1 aromatic carbocycles. The summed E-state index contributed by atoms with van der Waals surface area (Å²) in [4.78, 5) is 8.03. The Kier molecular flexibility index (Phi) is 4.83. The van der Waals surface area contributed by atoms with Gasteiger partial charge in [0.1, 0.15) is 11.4 Å². The van der Waals surface area contributed by atoms with Crippen LogP contribution in [0.4, 0.5) is 24.9 Å². The first-order chi connectivity index (χ1) is 12.8. The lowest BCUT2D eigenvalue weighted by atomic mass is 10.2. The molecule has 0 fully saturated rings. The Balaban J connectivity index is 1.69. The highest BCUT2D eigenvalue weighted by Crippen LogP contribution is 2.28. The number of halogens is 3. The van der Waals surface area contributed by atoms with E-state index < -0.39 is 6.36 Å². The van der Waals surface area contributed by atoms with E-state index in [1.54, 1.807) is 6.07 Å². The number of rotatable bonds is 5. The number of benzene rings is 1. The molecule has 8 nitrogen and oxygen atoms in total. The molecule has 0 atom stereocenters. The summed E-state index contributed by atoms with van der Waals surface area (Å²) in [6.07, 6.45) is -1.90. The van der Waals surface area contributed by atoms with Gasteiger partial charge in [0.25, 0.3) is 6.01 Å². The number of oxime groups is 1. The Morgan fingerprint density at radius 1 is 1.11 bits per heavy atom. The van der Waals surface area contributed by atoms with Crippen molar-refractivity contribution in [2.75, 3.05) is 5.32 Å². The van der Waals surface area contributed by atoms with Gasteiger partial charge in [0.2, 0.25) is 0 Å². The topological polar surface area (TPSA) is 119 Å². The van der Waals surface area contributed by atoms with Crippen LogP contribution in [0.5, 0.6) is 5.75 Å². The van der Waals surface area contributed by atoms with E-state index in [4.69, 9.17) is 15.4 Å². The number of nitrogens with zero attached hydrogens (tertiary/aromatic N) is 3. The molecule has 11 heteroatoms. The fourth-order valence-electron chi connectivity index (χ4n) is 2.08. The second kappa shape index (κ2) is 7.23. The highest BCUT2D eigenvalue weighted by molar-refractivity contribution is 5.95. The van der Waals surface area contributed by atoms with Gasteiger partial charge in [0.15, 0.2) is 11.6 Å². The van der Waals surface area contributed by atoms with Crippen LogP contribution in [0.2, 0.25) is 0 Å². The van der Waals surface area contributed by atoms with E-state index >= 15 is 0 Å². The average molecular weight is 379 g/mol. The van der Waals surface area contributed by atoms with E-state index in [1.165, 1.54) is 42.7 Å². The molecule has 4 N–H and O–H groups in total. The molecule has 2 aromatic heterocycles. The Bertz CT molecular complexity index is 937. The first-order valence-corrected chi connectivity index (χ1v) is 7.37. The molecule has 2 heterocycles. The number of alkyl halides is 3. The summed E-state index contributed by atoms with van der Waals surface area (Å²) < 4.78 is 45.8. The maximum atomic E-state index is 12.2. The van der Waals surface area contributed by atoms with Crippen LogP contribution >= 0.6 is 0 Å². The molecule has 0 saturated heterocycles. The van der Waals surface area contributed by atoms with Crippen LogP contribution in [0.25, 0.3) is 11.3 Å². The molecule has 0 radical (unpaired) electrons. The van der Waals surface area contributed by atoms with Crippen LogP contribution in [-0.4, -0.2) is 27.4 Å². The molecule has 0 saturated carbocycles. The molecule has 140 valence electrons. The highest BCUT2D eigenvalue weighted by Gasteiger charge is 2.31. The van der Waals surface area contributed by atoms with Crippen LogP contribution in [0, 0.1) is 0 Å². The Morgan fingerprint density at radius 2 is 1.85 bits per heavy atom. The maximum Gasteiger partial charge on any atom is 0.573 e. The molecule has 3 rings (SSSR count). The van der Waals surface area contributed by atoms with E-state index in [1.807, 2.05) is 0 Å². The zero-order valence-electron chi connectivity index (χ0n) is 13.4. The molecule has 0 unspecified atom stereocenters. The van der Waals surface area contributed by atoms with E-state index in [2.05, 4.69) is 25.2 Å². The number of amidine groups is 1. The SMILES string of the molecule is NC(=NO)c1ccc(Nc2ncc(-c3ccc(OC(F)(F)F)cc3)o2)cn1. The number of hydrogen-bond donors (Lipinski definition) is 3. The van der Waals surface area contributed by atoms with Crippen molar-refractivity contribution in [1.82, 2.24) is 9.97 Å². The van der Waals surface area contributed by atoms with Crippen LogP contribution < -0.4 is 15.8 Å². The van der Waals surface area contributed by atoms with Crippen molar-refractivity contribution in [3.63, 3.8) is 0 Å². The van der Waals surface area contributed by atoms with Crippen molar-refractivity contribution < 1.29 is 27.5 Å². The quantitative estimate of drug-likeness (QED) is 0.269. The van der Waals surface area contributed by atoms with Crippen molar-refractivity contribution in [2.45, 2.75) is 6.36 Å². The van der Waals surface area contributed by atoms with Gasteiger partial charge in [-0.2, -0.15) is 0 Å². The summed E-state index contributed by atoms with van der Waals surface area (Å²) in [6.45, 7) is 0. The van der Waals surface area contributed by atoms with Crippen molar-refractivity contribution >= 4 is 17.5 Å². The largest absolute Gasteiger partial charge is 0.573 e. The minimum Gasteiger partial charge on any atom is -0.423 e. The van der Waals surface area contributed by atoms with Crippen LogP contribution in [-0.2, 0) is 0 Å². The standard InChI is InChI=1S/C16H12F3N5O3/c17-16(18,19)27-11-4-1-9(2-5-11)13-8-22-15(26-13)23-10-3-6-12(21-7-10)14(20)24-25/h1-8,25H,(H2,20,24)(H,22,23). The molecule has 0 spiro atoms. The number of anilines is 2. The molecule has 0 aliphatic carbocycles. The molecule has 0 aliphatic heterocycles. The maximum absolute atomic E-state index is 12.2. The van der Waals surface area contributed by atoms with Gasteiger partial charge in [0, 0.05) is 5.56 Å². The minimum atomic E-state index is -4.75.